The molecule has 200 valence electrons. The first-order valence-corrected chi connectivity index (χ1v) is 13.2. The van der Waals surface area contributed by atoms with Crippen LogP contribution in [0.1, 0.15) is 21.7 Å². The van der Waals surface area contributed by atoms with E-state index in [-0.39, 0.29) is 17.0 Å². The molecule has 1 aliphatic rings. The number of thiophene rings is 1. The van der Waals surface area contributed by atoms with Gasteiger partial charge in [0.1, 0.15) is 17.1 Å². The molecule has 0 fully saturated rings. The van der Waals surface area contributed by atoms with E-state index in [4.69, 9.17) is 4.74 Å². The van der Waals surface area contributed by atoms with E-state index in [2.05, 4.69) is 26.8 Å². The molecule has 0 bridgehead atoms. The van der Waals surface area contributed by atoms with Crippen molar-refractivity contribution in [2.24, 2.45) is 0 Å². The predicted molar refractivity (Wildman–Crippen MR) is 149 cm³/mol. The maximum atomic E-state index is 15.1. The van der Waals surface area contributed by atoms with E-state index < -0.39 is 23.1 Å². The minimum absolute atomic E-state index is 0.0240. The van der Waals surface area contributed by atoms with Crippen LogP contribution in [-0.2, 0) is 0 Å². The molecular formula is C29H21F2N5O3S. The number of anilines is 1. The highest BCUT2D eigenvalue weighted by atomic mass is 32.1. The molecule has 2 aromatic carbocycles. The average molecular weight is 558 g/mol. The lowest BCUT2D eigenvalue weighted by Crippen LogP contribution is -2.29. The van der Waals surface area contributed by atoms with E-state index in [1.165, 1.54) is 54.2 Å². The van der Waals surface area contributed by atoms with Gasteiger partial charge < -0.3 is 15.4 Å². The summed E-state index contributed by atoms with van der Waals surface area (Å²) in [6, 6.07) is 14.1. The van der Waals surface area contributed by atoms with Crippen LogP contribution >= 0.6 is 11.3 Å². The molecule has 0 saturated carbocycles. The van der Waals surface area contributed by atoms with Crippen molar-refractivity contribution in [3.63, 3.8) is 0 Å². The first-order valence-electron chi connectivity index (χ1n) is 12.4. The highest BCUT2D eigenvalue weighted by Gasteiger charge is 2.17. The van der Waals surface area contributed by atoms with Gasteiger partial charge in [-0.05, 0) is 67.1 Å². The van der Waals surface area contributed by atoms with Gasteiger partial charge in [-0.15, -0.1) is 11.3 Å². The van der Waals surface area contributed by atoms with Crippen molar-refractivity contribution in [3.8, 4) is 17.2 Å². The minimum atomic E-state index is -0.745. The third kappa shape index (κ3) is 5.12. The first kappa shape index (κ1) is 25.5. The van der Waals surface area contributed by atoms with E-state index in [9.17, 15) is 14.0 Å². The topological polar surface area (TPSA) is 98.1 Å². The molecule has 40 heavy (non-hydrogen) atoms. The number of rotatable bonds is 6. The van der Waals surface area contributed by atoms with Gasteiger partial charge >= 0.3 is 0 Å². The molecule has 2 N–H and O–H groups in total. The molecule has 0 atom stereocenters. The molecule has 3 aromatic heterocycles. The first-order chi connectivity index (χ1) is 19.5. The largest absolute Gasteiger partial charge is 0.453 e. The second-order valence-corrected chi connectivity index (χ2v) is 10.0. The number of nitrogens with zero attached hydrogens (tertiary/aromatic N) is 3. The Labute approximate surface area is 230 Å². The Morgan fingerprint density at radius 3 is 2.65 bits per heavy atom. The van der Waals surface area contributed by atoms with Crippen molar-refractivity contribution in [2.45, 2.75) is 6.42 Å². The Balaban J connectivity index is 1.21. The monoisotopic (exact) mass is 557 g/mol. The molecule has 0 unspecified atom stereocenters. The lowest BCUT2D eigenvalue weighted by Gasteiger charge is -2.12. The highest BCUT2D eigenvalue weighted by Crippen LogP contribution is 2.39. The van der Waals surface area contributed by atoms with Gasteiger partial charge in [0.2, 0.25) is 0 Å². The maximum Gasteiger partial charge on any atom is 0.284 e. The van der Waals surface area contributed by atoms with Crippen molar-refractivity contribution < 1.29 is 18.3 Å². The van der Waals surface area contributed by atoms with Crippen molar-refractivity contribution in [3.05, 3.63) is 112 Å². The molecule has 8 nitrogen and oxygen atoms in total. The maximum absolute atomic E-state index is 15.1. The molecule has 6 rings (SSSR count). The molecule has 4 heterocycles. The predicted octanol–water partition coefficient (Wildman–Crippen LogP) is 5.54. The van der Waals surface area contributed by atoms with Crippen LogP contribution in [0.25, 0.3) is 21.5 Å². The fourth-order valence-corrected chi connectivity index (χ4v) is 5.46. The number of hydrogen-bond donors (Lipinski definition) is 2. The van der Waals surface area contributed by atoms with Crippen LogP contribution in [0.3, 0.4) is 0 Å². The van der Waals surface area contributed by atoms with E-state index in [0.717, 1.165) is 45.4 Å². The third-order valence-corrected chi connectivity index (χ3v) is 7.54. The van der Waals surface area contributed by atoms with Gasteiger partial charge in [0.05, 0.1) is 15.9 Å². The van der Waals surface area contributed by atoms with E-state index in [1.54, 1.807) is 23.6 Å². The Kier molecular flexibility index (Phi) is 6.89. The summed E-state index contributed by atoms with van der Waals surface area (Å²) in [4.78, 5) is 31.3. The molecule has 0 spiro atoms. The standard InChI is InChI=1S/C29H21F2N5O3S/c30-18-1-4-20(5-2-18)36-29(38)21(9-14-34-36)28(37)35-19-3-6-24(22(31)15-19)39-25-10-13-33-23-16-26(40-27(23)25)17-7-11-32-12-8-17/h1-7,9-10,13-16,32H,8,11-12H2,(H,35,37). The number of nitrogens with one attached hydrogen (secondary N) is 2. The summed E-state index contributed by atoms with van der Waals surface area (Å²) >= 11 is 1.55. The molecular weight excluding hydrogens is 536 g/mol. The number of carbonyl (C=O) groups is 1. The SMILES string of the molecule is O=C(Nc1ccc(Oc2ccnc3cc(C4=CCNCC4)sc23)c(F)c1)c1ccnn(-c2ccc(F)cc2)c1=O. The average Bonchev–Trinajstić information content (AvgIpc) is 3.41. The van der Waals surface area contributed by atoms with E-state index >= 15 is 4.39 Å². The zero-order valence-electron chi connectivity index (χ0n) is 20.9. The number of ether oxygens (including phenoxy) is 1. The summed E-state index contributed by atoms with van der Waals surface area (Å²) in [5, 5.41) is 9.79. The second kappa shape index (κ2) is 10.8. The Morgan fingerprint density at radius 2 is 1.88 bits per heavy atom. The van der Waals surface area contributed by atoms with Crippen LogP contribution < -0.4 is 20.9 Å². The van der Waals surface area contributed by atoms with Gasteiger partial charge in [0, 0.05) is 41.6 Å². The van der Waals surface area contributed by atoms with E-state index in [1.807, 2.05) is 6.07 Å². The van der Waals surface area contributed by atoms with Gasteiger partial charge in [-0.2, -0.15) is 9.78 Å². The normalized spacial score (nSPS) is 13.2. The Hall–Kier alpha value is -4.74. The summed E-state index contributed by atoms with van der Waals surface area (Å²) in [5.74, 6) is -1.46. The van der Waals surface area contributed by atoms with Crippen molar-refractivity contribution in [1.29, 1.82) is 0 Å². The van der Waals surface area contributed by atoms with Crippen LogP contribution in [0.2, 0.25) is 0 Å². The summed E-state index contributed by atoms with van der Waals surface area (Å²) in [7, 11) is 0. The number of amides is 1. The lowest BCUT2D eigenvalue weighted by atomic mass is 10.1. The quantitative estimate of drug-likeness (QED) is 0.285. The van der Waals surface area contributed by atoms with Crippen molar-refractivity contribution >= 4 is 38.7 Å². The van der Waals surface area contributed by atoms with Gasteiger partial charge in [0.15, 0.2) is 11.6 Å². The second-order valence-electron chi connectivity index (χ2n) is 8.96. The fraction of sp³-hybridized carbons (Fsp3) is 0.103. The van der Waals surface area contributed by atoms with Gasteiger partial charge in [-0.25, -0.2) is 8.78 Å². The number of pyridine rings is 1. The summed E-state index contributed by atoms with van der Waals surface area (Å²) < 4.78 is 36.0. The summed E-state index contributed by atoms with van der Waals surface area (Å²) in [5.41, 5.74) is 1.53. The number of hydrogen-bond acceptors (Lipinski definition) is 7. The molecule has 1 aliphatic heterocycles. The molecule has 1 amide bonds. The number of fused-ring (bicyclic) bond motifs is 1. The molecule has 11 heteroatoms. The van der Waals surface area contributed by atoms with Crippen LogP contribution in [0, 0.1) is 11.6 Å². The van der Waals surface area contributed by atoms with Crippen LogP contribution in [0.5, 0.6) is 11.5 Å². The van der Waals surface area contributed by atoms with Crippen LogP contribution in [0.15, 0.2) is 83.9 Å². The lowest BCUT2D eigenvalue weighted by molar-refractivity contribution is 0.102. The minimum Gasteiger partial charge on any atom is -0.453 e. The molecule has 0 aliphatic carbocycles. The van der Waals surface area contributed by atoms with Crippen molar-refractivity contribution in [1.82, 2.24) is 20.1 Å². The Bertz CT molecular complexity index is 1830. The summed E-state index contributed by atoms with van der Waals surface area (Å²) in [6.07, 6.45) is 5.98. The van der Waals surface area contributed by atoms with Gasteiger partial charge in [-0.1, -0.05) is 6.08 Å². The number of aromatic nitrogens is 3. The fourth-order valence-electron chi connectivity index (χ4n) is 4.33. The zero-order chi connectivity index (χ0) is 27.6. The van der Waals surface area contributed by atoms with Gasteiger partial charge in [-0.3, -0.25) is 14.6 Å². The molecule has 5 aromatic rings. The van der Waals surface area contributed by atoms with Crippen LogP contribution in [-0.4, -0.2) is 33.8 Å². The molecule has 0 radical (unpaired) electrons. The van der Waals surface area contributed by atoms with Crippen molar-refractivity contribution in [2.75, 3.05) is 18.4 Å². The number of carbonyl (C=O) groups excluding carboxylic acids is 1. The smallest absolute Gasteiger partial charge is 0.284 e. The van der Waals surface area contributed by atoms with Gasteiger partial charge in [0.25, 0.3) is 11.5 Å². The number of halogens is 2. The summed E-state index contributed by atoms with van der Waals surface area (Å²) in [6.45, 7) is 1.73. The Morgan fingerprint density at radius 1 is 1.02 bits per heavy atom. The zero-order valence-corrected chi connectivity index (χ0v) is 21.7. The molecule has 0 saturated heterocycles. The van der Waals surface area contributed by atoms with Crippen LogP contribution in [0.4, 0.5) is 14.5 Å². The third-order valence-electron chi connectivity index (χ3n) is 6.33. The van der Waals surface area contributed by atoms with E-state index in [0.29, 0.717) is 11.4 Å². The highest BCUT2D eigenvalue weighted by molar-refractivity contribution is 7.20. The number of benzene rings is 2.